The Balaban J connectivity index is 0.00000108. The van der Waals surface area contributed by atoms with Gasteiger partial charge in [0.15, 0.2) is 0 Å². The van der Waals surface area contributed by atoms with E-state index >= 15 is 0 Å². The van der Waals surface area contributed by atoms with Crippen molar-refractivity contribution in [1.82, 2.24) is 4.90 Å². The number of hydrogen-bond acceptors (Lipinski definition) is 2. The molecule has 0 saturated carbocycles. The van der Waals surface area contributed by atoms with Crippen LogP contribution in [0.2, 0.25) is 0 Å². The van der Waals surface area contributed by atoms with Crippen LogP contribution in [0, 0.1) is 5.92 Å². The van der Waals surface area contributed by atoms with Crippen molar-refractivity contribution >= 4 is 5.97 Å². The molecule has 3 rings (SSSR count). The minimum Gasteiger partial charge on any atom is -0.478 e. The number of carboxylic acid groups (broad SMARTS) is 1. The molecule has 4 nitrogen and oxygen atoms in total. The maximum absolute atomic E-state index is 11.0. The summed E-state index contributed by atoms with van der Waals surface area (Å²) in [5.74, 6) is -0.439. The molecule has 0 aromatic carbocycles. The highest BCUT2D eigenvalue weighted by Crippen LogP contribution is 2.39. The lowest BCUT2D eigenvalue weighted by Crippen LogP contribution is -2.33. The molecule has 0 spiro atoms. The van der Waals surface area contributed by atoms with Crippen LogP contribution in [0.5, 0.6) is 0 Å². The second kappa shape index (κ2) is 4.22. The zero-order valence-electron chi connectivity index (χ0n) is 9.39. The SMILES string of the molecule is O.O=C(O)C1=CN2CC=CC3=C2C(CC=C3)C1. The lowest BCUT2D eigenvalue weighted by molar-refractivity contribution is -0.133. The van der Waals surface area contributed by atoms with Gasteiger partial charge in [-0.1, -0.05) is 24.3 Å². The number of rotatable bonds is 1. The van der Waals surface area contributed by atoms with E-state index in [-0.39, 0.29) is 5.48 Å². The molecular weight excluding hydrogens is 218 g/mol. The molecule has 17 heavy (non-hydrogen) atoms. The van der Waals surface area contributed by atoms with Crippen LogP contribution in [-0.4, -0.2) is 28.0 Å². The van der Waals surface area contributed by atoms with Crippen LogP contribution in [0.1, 0.15) is 12.8 Å². The predicted molar refractivity (Wildman–Crippen MR) is 64.1 cm³/mol. The minimum atomic E-state index is -0.787. The summed E-state index contributed by atoms with van der Waals surface area (Å²) >= 11 is 0. The maximum atomic E-state index is 11.0. The van der Waals surface area contributed by atoms with Crippen molar-refractivity contribution in [2.75, 3.05) is 6.54 Å². The van der Waals surface area contributed by atoms with E-state index in [1.54, 1.807) is 6.20 Å². The lowest BCUT2D eigenvalue weighted by Gasteiger charge is -2.38. The molecule has 0 fully saturated rings. The highest BCUT2D eigenvalue weighted by atomic mass is 16.4. The highest BCUT2D eigenvalue weighted by Gasteiger charge is 2.31. The van der Waals surface area contributed by atoms with Gasteiger partial charge in [0.2, 0.25) is 0 Å². The van der Waals surface area contributed by atoms with Crippen molar-refractivity contribution in [2.45, 2.75) is 12.8 Å². The Morgan fingerprint density at radius 3 is 2.88 bits per heavy atom. The smallest absolute Gasteiger partial charge is 0.333 e. The maximum Gasteiger partial charge on any atom is 0.333 e. The topological polar surface area (TPSA) is 72.0 Å². The zero-order valence-corrected chi connectivity index (χ0v) is 9.39. The van der Waals surface area contributed by atoms with Gasteiger partial charge in [0, 0.05) is 24.4 Å². The molecule has 4 heteroatoms. The van der Waals surface area contributed by atoms with Gasteiger partial charge in [-0.15, -0.1) is 0 Å². The number of carbonyl (C=O) groups is 1. The Morgan fingerprint density at radius 2 is 2.12 bits per heavy atom. The van der Waals surface area contributed by atoms with E-state index in [0.29, 0.717) is 17.9 Å². The van der Waals surface area contributed by atoms with Crippen molar-refractivity contribution in [2.24, 2.45) is 5.92 Å². The normalized spacial score (nSPS) is 25.1. The van der Waals surface area contributed by atoms with Crippen molar-refractivity contribution in [1.29, 1.82) is 0 Å². The molecule has 3 N–H and O–H groups in total. The van der Waals surface area contributed by atoms with E-state index in [2.05, 4.69) is 29.2 Å². The number of aliphatic carboxylic acids is 1. The Morgan fingerprint density at radius 1 is 1.35 bits per heavy atom. The second-order valence-corrected chi connectivity index (χ2v) is 4.39. The van der Waals surface area contributed by atoms with Crippen LogP contribution in [0.4, 0.5) is 0 Å². The predicted octanol–water partition coefficient (Wildman–Crippen LogP) is 1.24. The van der Waals surface area contributed by atoms with Gasteiger partial charge in [-0.05, 0) is 18.4 Å². The van der Waals surface area contributed by atoms with E-state index in [9.17, 15) is 4.79 Å². The van der Waals surface area contributed by atoms with Gasteiger partial charge < -0.3 is 15.5 Å². The van der Waals surface area contributed by atoms with Gasteiger partial charge in [0.05, 0.1) is 5.57 Å². The summed E-state index contributed by atoms with van der Waals surface area (Å²) in [7, 11) is 0. The van der Waals surface area contributed by atoms with E-state index < -0.39 is 5.97 Å². The molecule has 1 aliphatic carbocycles. The average molecular weight is 233 g/mol. The van der Waals surface area contributed by atoms with Crippen LogP contribution in [0.15, 0.2) is 47.3 Å². The highest BCUT2D eigenvalue weighted by molar-refractivity contribution is 5.87. The third-order valence-corrected chi connectivity index (χ3v) is 3.36. The second-order valence-electron chi connectivity index (χ2n) is 4.39. The standard InChI is InChI=1S/C13H13NO2.H2O/c15-13(16)11-7-10-4-1-3-9-5-2-6-14(8-11)12(9)10;/h1-3,5,8,10H,4,6-7H2,(H,15,16);1H2. The molecule has 2 aliphatic heterocycles. The lowest BCUT2D eigenvalue weighted by atomic mass is 9.82. The summed E-state index contributed by atoms with van der Waals surface area (Å²) in [6.45, 7) is 0.792. The molecule has 3 aliphatic rings. The van der Waals surface area contributed by atoms with Crippen molar-refractivity contribution in [3.8, 4) is 0 Å². The fourth-order valence-corrected chi connectivity index (χ4v) is 2.68. The van der Waals surface area contributed by atoms with E-state index in [4.69, 9.17) is 5.11 Å². The molecule has 1 atom stereocenters. The fourth-order valence-electron chi connectivity index (χ4n) is 2.68. The van der Waals surface area contributed by atoms with Gasteiger partial charge >= 0.3 is 5.97 Å². The van der Waals surface area contributed by atoms with Crippen LogP contribution in [0.3, 0.4) is 0 Å². The zero-order chi connectivity index (χ0) is 11.1. The molecule has 0 aromatic rings. The van der Waals surface area contributed by atoms with E-state index in [1.165, 1.54) is 11.3 Å². The van der Waals surface area contributed by atoms with E-state index in [1.807, 2.05) is 0 Å². The third-order valence-electron chi connectivity index (χ3n) is 3.36. The Bertz CT molecular complexity index is 467. The van der Waals surface area contributed by atoms with Gasteiger partial charge in [0.25, 0.3) is 0 Å². The summed E-state index contributed by atoms with van der Waals surface area (Å²) in [5, 5.41) is 9.08. The number of allylic oxidation sites excluding steroid dienone is 5. The van der Waals surface area contributed by atoms with Crippen molar-refractivity contribution in [3.05, 3.63) is 47.3 Å². The van der Waals surface area contributed by atoms with Crippen LogP contribution < -0.4 is 0 Å². The molecule has 0 aromatic heterocycles. The van der Waals surface area contributed by atoms with Gasteiger partial charge in [-0.25, -0.2) is 4.79 Å². The van der Waals surface area contributed by atoms with Gasteiger partial charge in [0.1, 0.15) is 0 Å². The molecule has 1 unspecified atom stereocenters. The van der Waals surface area contributed by atoms with Gasteiger partial charge in [-0.2, -0.15) is 0 Å². The summed E-state index contributed by atoms with van der Waals surface area (Å²) in [5.41, 5.74) is 3.07. The first-order valence-corrected chi connectivity index (χ1v) is 5.53. The first kappa shape index (κ1) is 11.7. The number of nitrogens with zero attached hydrogens (tertiary/aromatic N) is 1. The van der Waals surface area contributed by atoms with Crippen molar-refractivity contribution in [3.63, 3.8) is 0 Å². The van der Waals surface area contributed by atoms with Gasteiger partial charge in [-0.3, -0.25) is 0 Å². The molecular formula is C13H15NO3. The number of hydrogen-bond donors (Lipinski definition) is 1. The molecule has 0 amide bonds. The molecule has 90 valence electrons. The third kappa shape index (κ3) is 1.80. The first-order chi connectivity index (χ1) is 7.75. The fraction of sp³-hybridized carbons (Fsp3) is 0.308. The molecule has 0 bridgehead atoms. The minimum absolute atomic E-state index is 0. The first-order valence-electron chi connectivity index (χ1n) is 5.53. The summed E-state index contributed by atoms with van der Waals surface area (Å²) < 4.78 is 0. The Hall–Kier alpha value is -1.81. The van der Waals surface area contributed by atoms with Crippen LogP contribution in [-0.2, 0) is 4.79 Å². The monoisotopic (exact) mass is 233 g/mol. The summed E-state index contributed by atoms with van der Waals surface area (Å²) in [6, 6.07) is 0. The molecule has 0 saturated heterocycles. The summed E-state index contributed by atoms with van der Waals surface area (Å²) in [6.07, 6.45) is 11.9. The van der Waals surface area contributed by atoms with Crippen molar-refractivity contribution < 1.29 is 15.4 Å². The van der Waals surface area contributed by atoms with E-state index in [0.717, 1.165) is 13.0 Å². The summed E-state index contributed by atoms with van der Waals surface area (Å²) in [4.78, 5) is 13.1. The van der Waals surface area contributed by atoms with Crippen LogP contribution in [0.25, 0.3) is 0 Å². The quantitative estimate of drug-likeness (QED) is 0.740. The Labute approximate surface area is 99.5 Å². The average Bonchev–Trinajstić information content (AvgIpc) is 2.29. The largest absolute Gasteiger partial charge is 0.478 e. The van der Waals surface area contributed by atoms with Crippen LogP contribution >= 0.6 is 0 Å². The number of carboxylic acids is 1. The molecule has 2 heterocycles. The Kier molecular flexibility index (Phi) is 2.90. The molecule has 0 radical (unpaired) electrons.